The quantitative estimate of drug-likeness (QED) is 0.601. The number of hydrogen-bond donors (Lipinski definition) is 1. The van der Waals surface area contributed by atoms with Gasteiger partial charge in [-0.2, -0.15) is 9.40 Å². The zero-order valence-corrected chi connectivity index (χ0v) is 19.9. The van der Waals surface area contributed by atoms with Gasteiger partial charge in [-0.25, -0.2) is 26.9 Å². The Hall–Kier alpha value is -2.15. The Morgan fingerprint density at radius 3 is 2.59 bits per heavy atom. The number of sulfonamides is 1. The van der Waals surface area contributed by atoms with Crippen molar-refractivity contribution in [2.45, 2.75) is 43.2 Å². The zero-order valence-electron chi connectivity index (χ0n) is 18.4. The Balaban J connectivity index is 1.39. The summed E-state index contributed by atoms with van der Waals surface area (Å²) in [5, 5.41) is 7.21. The van der Waals surface area contributed by atoms with E-state index >= 15 is 0 Å². The topological polar surface area (TPSA) is 106 Å². The molecule has 0 spiro atoms. The molecule has 0 amide bonds. The number of anilines is 1. The Kier molecular flexibility index (Phi) is 7.80. The fourth-order valence-corrected chi connectivity index (χ4v) is 5.77. The lowest BCUT2D eigenvalue weighted by Crippen LogP contribution is -2.41. The second-order valence-corrected chi connectivity index (χ2v) is 10.7. The van der Waals surface area contributed by atoms with Crippen LogP contribution in [-0.4, -0.2) is 60.3 Å². The summed E-state index contributed by atoms with van der Waals surface area (Å²) in [6.07, 6.45) is 2.42. The number of ether oxygens (including phenoxy) is 1. The SMILES string of the molecule is O=c1c(Cl)c(NC[C@H]2CCCOC2)cnn1C1CCN(S(=O)(=O)c2ccc(C(F)F)cn2)CC1. The van der Waals surface area contributed by atoms with Crippen LogP contribution in [-0.2, 0) is 14.8 Å². The van der Waals surface area contributed by atoms with Crippen molar-refractivity contribution in [1.82, 2.24) is 19.1 Å². The lowest BCUT2D eigenvalue weighted by Gasteiger charge is -2.31. The van der Waals surface area contributed by atoms with E-state index in [1.54, 1.807) is 0 Å². The molecule has 4 heterocycles. The molecule has 4 rings (SSSR count). The molecular weight excluding hydrogens is 492 g/mol. The zero-order chi connectivity index (χ0) is 24.3. The third kappa shape index (κ3) is 5.40. The molecule has 2 aromatic rings. The predicted molar refractivity (Wildman–Crippen MR) is 122 cm³/mol. The summed E-state index contributed by atoms with van der Waals surface area (Å²) < 4.78 is 59.1. The standard InChI is InChI=1S/C21H26ClF2N5O4S/c22-19-17(25-10-14-2-1-9-33-13-14)12-27-29(21(19)30)16-5-7-28(8-6-16)34(31,32)18-4-3-15(11-26-18)20(23)24/h3-4,11-12,14,16,20,25H,1-2,5-10,13H2/t14-/m1/s1. The fraction of sp³-hybridized carbons (Fsp3) is 0.571. The molecular formula is C21H26ClF2N5O4S. The molecule has 0 radical (unpaired) electrons. The molecule has 0 unspecified atom stereocenters. The van der Waals surface area contributed by atoms with Crippen LogP contribution in [0.5, 0.6) is 0 Å². The lowest BCUT2D eigenvalue weighted by molar-refractivity contribution is 0.0595. The van der Waals surface area contributed by atoms with E-state index in [2.05, 4.69) is 15.4 Å². The molecule has 13 heteroatoms. The minimum absolute atomic E-state index is 0.0464. The summed E-state index contributed by atoms with van der Waals surface area (Å²) in [7, 11) is -3.93. The summed E-state index contributed by atoms with van der Waals surface area (Å²) in [6.45, 7) is 2.35. The Bertz CT molecular complexity index is 1150. The van der Waals surface area contributed by atoms with E-state index in [0.29, 0.717) is 37.6 Å². The van der Waals surface area contributed by atoms with Crippen LogP contribution in [0.15, 0.2) is 34.3 Å². The number of nitrogens with zero attached hydrogens (tertiary/aromatic N) is 4. The van der Waals surface area contributed by atoms with Gasteiger partial charge in [0, 0.05) is 38.0 Å². The lowest BCUT2D eigenvalue weighted by atomic mass is 10.0. The Morgan fingerprint density at radius 1 is 1.21 bits per heavy atom. The minimum Gasteiger partial charge on any atom is -0.382 e. The van der Waals surface area contributed by atoms with Gasteiger partial charge in [0.2, 0.25) is 0 Å². The van der Waals surface area contributed by atoms with Gasteiger partial charge >= 0.3 is 0 Å². The van der Waals surface area contributed by atoms with Crippen molar-refractivity contribution in [1.29, 1.82) is 0 Å². The molecule has 186 valence electrons. The van der Waals surface area contributed by atoms with Crippen molar-refractivity contribution >= 4 is 27.3 Å². The van der Waals surface area contributed by atoms with E-state index in [1.807, 2.05) is 0 Å². The highest BCUT2D eigenvalue weighted by molar-refractivity contribution is 7.89. The maximum atomic E-state index is 12.8. The van der Waals surface area contributed by atoms with E-state index in [1.165, 1.54) is 15.2 Å². The molecule has 2 aromatic heterocycles. The Labute approximate surface area is 201 Å². The molecule has 0 aliphatic carbocycles. The van der Waals surface area contributed by atoms with Crippen molar-refractivity contribution in [3.05, 3.63) is 45.5 Å². The van der Waals surface area contributed by atoms with E-state index in [0.717, 1.165) is 37.8 Å². The first-order valence-corrected chi connectivity index (χ1v) is 12.9. The van der Waals surface area contributed by atoms with Gasteiger partial charge in [-0.15, -0.1) is 0 Å². The average molecular weight is 518 g/mol. The van der Waals surface area contributed by atoms with Crippen molar-refractivity contribution in [2.75, 3.05) is 38.2 Å². The second-order valence-electron chi connectivity index (χ2n) is 8.45. The van der Waals surface area contributed by atoms with Crippen LogP contribution in [0.3, 0.4) is 0 Å². The van der Waals surface area contributed by atoms with Crippen LogP contribution in [0, 0.1) is 5.92 Å². The van der Waals surface area contributed by atoms with Gasteiger partial charge in [-0.05, 0) is 43.7 Å². The monoisotopic (exact) mass is 517 g/mol. The molecule has 2 fully saturated rings. The van der Waals surface area contributed by atoms with E-state index in [4.69, 9.17) is 16.3 Å². The van der Waals surface area contributed by atoms with Crippen LogP contribution in [0.2, 0.25) is 5.02 Å². The smallest absolute Gasteiger partial charge is 0.287 e. The first kappa shape index (κ1) is 25.0. The number of alkyl halides is 2. The highest BCUT2D eigenvalue weighted by Gasteiger charge is 2.32. The summed E-state index contributed by atoms with van der Waals surface area (Å²) in [6, 6.07) is 1.82. The van der Waals surface area contributed by atoms with Crippen LogP contribution < -0.4 is 10.9 Å². The molecule has 0 aromatic carbocycles. The van der Waals surface area contributed by atoms with Crippen molar-refractivity contribution in [3.8, 4) is 0 Å². The first-order chi connectivity index (χ1) is 16.3. The van der Waals surface area contributed by atoms with Gasteiger partial charge in [-0.3, -0.25) is 4.79 Å². The summed E-state index contributed by atoms with van der Waals surface area (Å²) in [5.74, 6) is 0.347. The van der Waals surface area contributed by atoms with Gasteiger partial charge in [0.25, 0.3) is 22.0 Å². The molecule has 2 aliphatic rings. The van der Waals surface area contributed by atoms with Gasteiger partial charge in [-0.1, -0.05) is 11.6 Å². The molecule has 2 aliphatic heterocycles. The number of piperidine rings is 1. The van der Waals surface area contributed by atoms with E-state index < -0.39 is 22.0 Å². The number of nitrogens with one attached hydrogen (secondary N) is 1. The third-order valence-electron chi connectivity index (χ3n) is 6.16. The number of aromatic nitrogens is 3. The normalized spacial score (nSPS) is 20.5. The van der Waals surface area contributed by atoms with Crippen LogP contribution in [0.25, 0.3) is 0 Å². The molecule has 1 atom stereocenters. The molecule has 9 nitrogen and oxygen atoms in total. The van der Waals surface area contributed by atoms with Crippen molar-refractivity contribution < 1.29 is 21.9 Å². The molecule has 2 saturated heterocycles. The predicted octanol–water partition coefficient (Wildman–Crippen LogP) is 3.09. The largest absolute Gasteiger partial charge is 0.382 e. The van der Waals surface area contributed by atoms with Crippen LogP contribution in [0.1, 0.15) is 43.7 Å². The molecule has 34 heavy (non-hydrogen) atoms. The van der Waals surface area contributed by atoms with Crippen molar-refractivity contribution in [3.63, 3.8) is 0 Å². The molecule has 0 bridgehead atoms. The number of pyridine rings is 1. The highest BCUT2D eigenvalue weighted by atomic mass is 35.5. The second kappa shape index (κ2) is 10.6. The first-order valence-electron chi connectivity index (χ1n) is 11.1. The summed E-state index contributed by atoms with van der Waals surface area (Å²) in [5.41, 5.74) is -0.311. The minimum atomic E-state index is -3.93. The van der Waals surface area contributed by atoms with Gasteiger partial charge in [0.05, 0.1) is 24.5 Å². The summed E-state index contributed by atoms with van der Waals surface area (Å²) >= 11 is 6.32. The van der Waals surface area contributed by atoms with Crippen LogP contribution >= 0.6 is 11.6 Å². The van der Waals surface area contributed by atoms with Gasteiger partial charge < -0.3 is 10.1 Å². The molecule has 1 N–H and O–H groups in total. The average Bonchev–Trinajstić information content (AvgIpc) is 2.86. The van der Waals surface area contributed by atoms with Crippen LogP contribution in [0.4, 0.5) is 14.5 Å². The van der Waals surface area contributed by atoms with Gasteiger partial charge in [0.15, 0.2) is 5.03 Å². The Morgan fingerprint density at radius 2 is 1.97 bits per heavy atom. The van der Waals surface area contributed by atoms with E-state index in [-0.39, 0.29) is 34.7 Å². The molecule has 0 saturated carbocycles. The number of hydrogen-bond acceptors (Lipinski definition) is 7. The summed E-state index contributed by atoms with van der Waals surface area (Å²) in [4.78, 5) is 16.5. The maximum absolute atomic E-state index is 12.8. The maximum Gasteiger partial charge on any atom is 0.287 e. The fourth-order valence-electron chi connectivity index (χ4n) is 4.18. The number of halogens is 3. The van der Waals surface area contributed by atoms with Crippen molar-refractivity contribution in [2.24, 2.45) is 5.92 Å². The van der Waals surface area contributed by atoms with E-state index in [9.17, 15) is 22.0 Å². The third-order valence-corrected chi connectivity index (χ3v) is 8.34. The number of rotatable bonds is 7. The highest BCUT2D eigenvalue weighted by Crippen LogP contribution is 2.27. The van der Waals surface area contributed by atoms with Gasteiger partial charge in [0.1, 0.15) is 5.02 Å².